The predicted molar refractivity (Wildman–Crippen MR) is 110 cm³/mol. The Morgan fingerprint density at radius 3 is 2.73 bits per heavy atom. The molecule has 2 aromatic heterocycles. The van der Waals surface area contributed by atoms with Gasteiger partial charge in [-0.25, -0.2) is 0 Å². The van der Waals surface area contributed by atoms with Gasteiger partial charge >= 0.3 is 0 Å². The average Bonchev–Trinajstić information content (AvgIpc) is 3.33. The van der Waals surface area contributed by atoms with Gasteiger partial charge in [-0.3, -0.25) is 14.3 Å². The van der Waals surface area contributed by atoms with Gasteiger partial charge in [0.15, 0.2) is 5.69 Å². The number of carbonyl (C=O) groups is 2. The van der Waals surface area contributed by atoms with Crippen molar-refractivity contribution in [2.45, 2.75) is 46.2 Å². The van der Waals surface area contributed by atoms with Crippen LogP contribution in [0.4, 0.5) is 5.69 Å². The van der Waals surface area contributed by atoms with E-state index >= 15 is 0 Å². The third-order valence-corrected chi connectivity index (χ3v) is 4.64. The molecule has 0 aliphatic carbocycles. The number of aryl methyl sites for hydroxylation is 1. The molecule has 0 aliphatic rings. The first-order valence-electron chi connectivity index (χ1n) is 9.65. The maximum absolute atomic E-state index is 13.1. The number of para-hydroxylation sites is 1. The number of hydrogen-bond donors (Lipinski definition) is 2. The second kappa shape index (κ2) is 8.78. The van der Waals surface area contributed by atoms with Crippen molar-refractivity contribution in [1.82, 2.24) is 20.3 Å². The number of aromatic nitrogens is 3. The van der Waals surface area contributed by atoms with E-state index in [9.17, 15) is 9.59 Å². The fourth-order valence-corrected chi connectivity index (χ4v) is 3.13. The molecule has 3 aromatic rings. The van der Waals surface area contributed by atoms with Gasteiger partial charge in [-0.1, -0.05) is 44.1 Å². The zero-order valence-corrected chi connectivity index (χ0v) is 17.2. The van der Waals surface area contributed by atoms with Crippen molar-refractivity contribution in [3.63, 3.8) is 0 Å². The third-order valence-electron chi connectivity index (χ3n) is 4.64. The maximum Gasteiger partial charge on any atom is 0.273 e. The van der Waals surface area contributed by atoms with Crippen LogP contribution >= 0.6 is 0 Å². The van der Waals surface area contributed by atoms with Gasteiger partial charge < -0.3 is 15.2 Å². The molecule has 0 unspecified atom stereocenters. The van der Waals surface area contributed by atoms with Crippen molar-refractivity contribution < 1.29 is 14.1 Å². The van der Waals surface area contributed by atoms with Crippen molar-refractivity contribution in [2.75, 3.05) is 5.32 Å². The van der Waals surface area contributed by atoms with Crippen molar-refractivity contribution in [1.29, 1.82) is 5.26 Å². The average molecular weight is 408 g/mol. The molecular weight excluding hydrogens is 384 g/mol. The number of anilines is 1. The zero-order chi connectivity index (χ0) is 21.7. The summed E-state index contributed by atoms with van der Waals surface area (Å²) in [4.78, 5) is 25.9. The van der Waals surface area contributed by atoms with Crippen LogP contribution in [0.2, 0.25) is 0 Å². The van der Waals surface area contributed by atoms with Gasteiger partial charge in [-0.2, -0.15) is 10.4 Å². The van der Waals surface area contributed by atoms with Crippen molar-refractivity contribution >= 4 is 28.4 Å². The molecule has 3 rings (SSSR count). The highest BCUT2D eigenvalue weighted by atomic mass is 16.5. The highest BCUT2D eigenvalue weighted by Crippen LogP contribution is 2.23. The molecule has 1 atom stereocenters. The fourth-order valence-electron chi connectivity index (χ4n) is 3.13. The number of nitrogens with one attached hydrogen (secondary N) is 2. The molecule has 0 fully saturated rings. The van der Waals surface area contributed by atoms with Crippen molar-refractivity contribution in [3.8, 4) is 6.07 Å². The minimum absolute atomic E-state index is 0.245. The van der Waals surface area contributed by atoms with Crippen LogP contribution in [-0.2, 0) is 11.3 Å². The van der Waals surface area contributed by atoms with E-state index in [4.69, 9.17) is 9.78 Å². The SMILES string of the molecule is CC(C)(C)[C@H](NC(=O)c1nn(CCCC#N)c2ccccc12)C(=O)Nc1cnoc1. The smallest absolute Gasteiger partial charge is 0.273 e. The van der Waals surface area contributed by atoms with Gasteiger partial charge in [0, 0.05) is 18.4 Å². The van der Waals surface area contributed by atoms with E-state index in [0.29, 0.717) is 30.5 Å². The number of nitrogens with zero attached hydrogens (tertiary/aromatic N) is 4. The summed E-state index contributed by atoms with van der Waals surface area (Å²) in [5.41, 5.74) is 0.911. The van der Waals surface area contributed by atoms with Crippen LogP contribution in [-0.4, -0.2) is 32.8 Å². The lowest BCUT2D eigenvalue weighted by atomic mass is 9.86. The Kier molecular flexibility index (Phi) is 6.16. The molecule has 9 nitrogen and oxygen atoms in total. The Bertz CT molecular complexity index is 1070. The number of carbonyl (C=O) groups excluding carboxylic acids is 2. The van der Waals surface area contributed by atoms with Gasteiger partial charge in [0.2, 0.25) is 5.91 Å². The molecule has 2 heterocycles. The molecule has 0 bridgehead atoms. The Balaban J connectivity index is 1.86. The summed E-state index contributed by atoms with van der Waals surface area (Å²) < 4.78 is 6.46. The highest BCUT2D eigenvalue weighted by Gasteiger charge is 2.34. The summed E-state index contributed by atoms with van der Waals surface area (Å²) in [7, 11) is 0. The quantitative estimate of drug-likeness (QED) is 0.579. The summed E-state index contributed by atoms with van der Waals surface area (Å²) >= 11 is 0. The second-order valence-electron chi connectivity index (χ2n) is 8.03. The molecule has 2 amide bonds. The minimum Gasteiger partial charge on any atom is -0.363 e. The summed E-state index contributed by atoms with van der Waals surface area (Å²) in [6, 6.07) is 8.70. The largest absolute Gasteiger partial charge is 0.363 e. The van der Waals surface area contributed by atoms with E-state index in [-0.39, 0.29) is 11.6 Å². The molecule has 0 spiro atoms. The van der Waals surface area contributed by atoms with Gasteiger partial charge in [0.05, 0.1) is 17.8 Å². The Morgan fingerprint density at radius 1 is 1.30 bits per heavy atom. The van der Waals surface area contributed by atoms with E-state index in [1.807, 2.05) is 45.0 Å². The maximum atomic E-state index is 13.1. The minimum atomic E-state index is -0.817. The number of amides is 2. The summed E-state index contributed by atoms with van der Waals surface area (Å²) in [6.07, 6.45) is 3.74. The van der Waals surface area contributed by atoms with Crippen molar-refractivity contribution in [3.05, 3.63) is 42.4 Å². The number of nitriles is 1. The van der Waals surface area contributed by atoms with Crippen LogP contribution in [0, 0.1) is 16.7 Å². The van der Waals surface area contributed by atoms with Crippen molar-refractivity contribution in [2.24, 2.45) is 5.41 Å². The van der Waals surface area contributed by atoms with E-state index in [1.165, 1.54) is 12.5 Å². The van der Waals surface area contributed by atoms with E-state index < -0.39 is 17.4 Å². The van der Waals surface area contributed by atoms with Crippen LogP contribution in [0.3, 0.4) is 0 Å². The molecule has 0 aliphatic heterocycles. The number of benzene rings is 1. The molecule has 1 aromatic carbocycles. The Labute approximate surface area is 174 Å². The van der Waals surface area contributed by atoms with Gasteiger partial charge in [0.1, 0.15) is 18.0 Å². The Hall–Kier alpha value is -3.67. The Morgan fingerprint density at radius 2 is 2.07 bits per heavy atom. The molecule has 0 saturated carbocycles. The first kappa shape index (κ1) is 21.0. The van der Waals surface area contributed by atoms with E-state index in [2.05, 4.69) is 27.0 Å². The molecule has 9 heteroatoms. The van der Waals surface area contributed by atoms with Crippen LogP contribution in [0.25, 0.3) is 10.9 Å². The fraction of sp³-hybridized carbons (Fsp3) is 0.381. The first-order valence-corrected chi connectivity index (χ1v) is 9.65. The monoisotopic (exact) mass is 408 g/mol. The molecule has 0 saturated heterocycles. The van der Waals surface area contributed by atoms with Gasteiger partial charge in [0.25, 0.3) is 5.91 Å². The lowest BCUT2D eigenvalue weighted by Crippen LogP contribution is -2.51. The van der Waals surface area contributed by atoms with Gasteiger partial charge in [-0.05, 0) is 17.9 Å². The van der Waals surface area contributed by atoms with Gasteiger partial charge in [-0.15, -0.1) is 0 Å². The molecule has 0 radical (unpaired) electrons. The lowest BCUT2D eigenvalue weighted by molar-refractivity contribution is -0.120. The van der Waals surface area contributed by atoms with E-state index in [1.54, 1.807) is 4.68 Å². The van der Waals surface area contributed by atoms with Crippen LogP contribution in [0.1, 0.15) is 44.1 Å². The van der Waals surface area contributed by atoms with Crippen LogP contribution < -0.4 is 10.6 Å². The second-order valence-corrected chi connectivity index (χ2v) is 8.03. The summed E-state index contributed by atoms with van der Waals surface area (Å²) in [5.74, 6) is -0.817. The number of fused-ring (bicyclic) bond motifs is 1. The first-order chi connectivity index (χ1) is 14.3. The summed E-state index contributed by atoms with van der Waals surface area (Å²) in [5, 5.41) is 23.0. The zero-order valence-electron chi connectivity index (χ0n) is 17.2. The molecular formula is C21H24N6O3. The lowest BCUT2D eigenvalue weighted by Gasteiger charge is -2.29. The number of hydrogen-bond acceptors (Lipinski definition) is 6. The normalized spacial score (nSPS) is 12.3. The van der Waals surface area contributed by atoms with Crippen LogP contribution in [0.5, 0.6) is 0 Å². The van der Waals surface area contributed by atoms with Crippen LogP contribution in [0.15, 0.2) is 41.2 Å². The summed E-state index contributed by atoms with van der Waals surface area (Å²) in [6.45, 7) is 6.12. The topological polar surface area (TPSA) is 126 Å². The number of unbranched alkanes of at least 4 members (excludes halogenated alkanes) is 1. The number of rotatable bonds is 7. The highest BCUT2D eigenvalue weighted by molar-refractivity contribution is 6.07. The molecule has 30 heavy (non-hydrogen) atoms. The molecule has 2 N–H and O–H groups in total. The predicted octanol–water partition coefficient (Wildman–Crippen LogP) is 3.11. The third kappa shape index (κ3) is 4.66. The molecule has 156 valence electrons. The van der Waals surface area contributed by atoms with E-state index in [0.717, 1.165) is 5.52 Å². The standard InChI is InChI=1S/C21H24N6O3/c1-21(2,3)18(20(29)24-14-12-23-30-13-14)25-19(28)17-15-8-4-5-9-16(15)27(26-17)11-7-6-10-22/h4-5,8-9,12-13,18H,6-7,11H2,1-3H3,(H,24,29)(H,25,28)/t18-/m1/s1.